The van der Waals surface area contributed by atoms with Gasteiger partial charge in [0.2, 0.25) is 11.7 Å². The van der Waals surface area contributed by atoms with Crippen LogP contribution in [0.5, 0.6) is 5.75 Å². The van der Waals surface area contributed by atoms with E-state index < -0.39 is 0 Å². The summed E-state index contributed by atoms with van der Waals surface area (Å²) >= 11 is 6.08. The lowest BCUT2D eigenvalue weighted by Crippen LogP contribution is -2.09. The SMILES string of the molecule is CCC(=O)Nc1nc(-c2ccc(OC)cc2-c2cc(Cl)ccn2)no1. The standard InChI is InChI=1S/C17H15ClN4O3/c1-3-15(23)20-17-21-16(22-25-17)12-5-4-11(24-2)9-13(12)14-8-10(18)6-7-19-14/h4-9H,3H2,1-2H3,(H,20,21,22,23). The zero-order chi connectivity index (χ0) is 17.8. The summed E-state index contributed by atoms with van der Waals surface area (Å²) < 4.78 is 10.4. The van der Waals surface area contributed by atoms with Gasteiger partial charge in [-0.2, -0.15) is 4.98 Å². The summed E-state index contributed by atoms with van der Waals surface area (Å²) in [6, 6.07) is 8.87. The number of carbonyl (C=O) groups is 1. The molecule has 8 heteroatoms. The van der Waals surface area contributed by atoms with Crippen LogP contribution in [0.3, 0.4) is 0 Å². The van der Waals surface area contributed by atoms with Crippen LogP contribution in [0, 0.1) is 0 Å². The minimum Gasteiger partial charge on any atom is -0.497 e. The predicted molar refractivity (Wildman–Crippen MR) is 93.4 cm³/mol. The molecule has 0 aliphatic carbocycles. The normalized spacial score (nSPS) is 10.5. The first-order chi connectivity index (χ1) is 12.1. The Kier molecular flexibility index (Phi) is 4.95. The van der Waals surface area contributed by atoms with E-state index in [1.54, 1.807) is 44.5 Å². The van der Waals surface area contributed by atoms with Crippen molar-refractivity contribution in [3.63, 3.8) is 0 Å². The molecule has 0 aliphatic rings. The number of anilines is 1. The molecule has 3 aromatic rings. The van der Waals surface area contributed by atoms with Crippen molar-refractivity contribution in [3.8, 4) is 28.4 Å². The number of nitrogens with zero attached hydrogens (tertiary/aromatic N) is 3. The van der Waals surface area contributed by atoms with E-state index >= 15 is 0 Å². The topological polar surface area (TPSA) is 90.1 Å². The Morgan fingerprint density at radius 3 is 2.84 bits per heavy atom. The average Bonchev–Trinajstić information content (AvgIpc) is 3.09. The fourth-order valence-corrected chi connectivity index (χ4v) is 2.36. The number of benzene rings is 1. The molecule has 128 valence electrons. The molecule has 0 atom stereocenters. The first kappa shape index (κ1) is 16.9. The van der Waals surface area contributed by atoms with Crippen molar-refractivity contribution in [1.82, 2.24) is 15.1 Å². The molecule has 1 aromatic carbocycles. The molecular weight excluding hydrogens is 344 g/mol. The number of nitrogens with one attached hydrogen (secondary N) is 1. The maximum Gasteiger partial charge on any atom is 0.328 e. The first-order valence-corrected chi connectivity index (χ1v) is 7.92. The lowest BCUT2D eigenvalue weighted by Gasteiger charge is -2.09. The van der Waals surface area contributed by atoms with E-state index in [-0.39, 0.29) is 11.9 Å². The van der Waals surface area contributed by atoms with E-state index in [0.29, 0.717) is 34.3 Å². The molecular formula is C17H15ClN4O3. The molecule has 1 amide bonds. The van der Waals surface area contributed by atoms with Crippen LogP contribution in [0.1, 0.15) is 13.3 Å². The number of rotatable bonds is 5. The Labute approximate surface area is 149 Å². The average molecular weight is 359 g/mol. The van der Waals surface area contributed by atoms with Crippen molar-refractivity contribution in [2.75, 3.05) is 12.4 Å². The molecule has 0 fully saturated rings. The number of amides is 1. The number of carbonyl (C=O) groups excluding carboxylic acids is 1. The summed E-state index contributed by atoms with van der Waals surface area (Å²) in [6.07, 6.45) is 1.93. The van der Waals surface area contributed by atoms with Gasteiger partial charge in [0.25, 0.3) is 0 Å². The molecule has 2 heterocycles. The summed E-state index contributed by atoms with van der Waals surface area (Å²) in [6.45, 7) is 1.74. The van der Waals surface area contributed by atoms with Crippen LogP contribution in [0.4, 0.5) is 6.01 Å². The van der Waals surface area contributed by atoms with Gasteiger partial charge in [0, 0.05) is 28.8 Å². The number of aromatic nitrogens is 3. The monoisotopic (exact) mass is 358 g/mol. The molecule has 0 unspecified atom stereocenters. The Balaban J connectivity index is 2.05. The number of pyridine rings is 1. The molecule has 0 aliphatic heterocycles. The second kappa shape index (κ2) is 7.31. The van der Waals surface area contributed by atoms with E-state index in [1.807, 2.05) is 6.07 Å². The van der Waals surface area contributed by atoms with Crippen LogP contribution >= 0.6 is 11.6 Å². The van der Waals surface area contributed by atoms with Gasteiger partial charge in [0.05, 0.1) is 12.8 Å². The van der Waals surface area contributed by atoms with Crippen LogP contribution in [-0.2, 0) is 4.79 Å². The van der Waals surface area contributed by atoms with Crippen molar-refractivity contribution in [2.24, 2.45) is 0 Å². The first-order valence-electron chi connectivity index (χ1n) is 7.54. The number of hydrogen-bond donors (Lipinski definition) is 1. The van der Waals surface area contributed by atoms with Crippen LogP contribution in [-0.4, -0.2) is 28.1 Å². The van der Waals surface area contributed by atoms with Gasteiger partial charge in [-0.1, -0.05) is 23.7 Å². The molecule has 25 heavy (non-hydrogen) atoms. The highest BCUT2D eigenvalue weighted by atomic mass is 35.5. The van der Waals surface area contributed by atoms with Gasteiger partial charge in [0.15, 0.2) is 0 Å². The second-order valence-corrected chi connectivity index (χ2v) is 5.53. The summed E-state index contributed by atoms with van der Waals surface area (Å²) in [4.78, 5) is 20.0. The Hall–Kier alpha value is -2.93. The van der Waals surface area contributed by atoms with E-state index in [2.05, 4.69) is 20.4 Å². The van der Waals surface area contributed by atoms with Crippen molar-refractivity contribution >= 4 is 23.5 Å². The second-order valence-electron chi connectivity index (χ2n) is 5.10. The number of ether oxygens (including phenoxy) is 1. The van der Waals surface area contributed by atoms with Crippen LogP contribution in [0.25, 0.3) is 22.6 Å². The molecule has 0 saturated heterocycles. The van der Waals surface area contributed by atoms with Crippen molar-refractivity contribution in [2.45, 2.75) is 13.3 Å². The molecule has 2 aromatic heterocycles. The van der Waals surface area contributed by atoms with E-state index in [9.17, 15) is 4.79 Å². The van der Waals surface area contributed by atoms with Crippen LogP contribution < -0.4 is 10.1 Å². The maximum atomic E-state index is 11.5. The van der Waals surface area contributed by atoms with Gasteiger partial charge in [-0.05, 0) is 30.3 Å². The van der Waals surface area contributed by atoms with Gasteiger partial charge in [0.1, 0.15) is 5.75 Å². The van der Waals surface area contributed by atoms with E-state index in [1.165, 1.54) is 0 Å². The summed E-state index contributed by atoms with van der Waals surface area (Å²) in [5, 5.41) is 7.03. The van der Waals surface area contributed by atoms with Crippen molar-refractivity contribution in [3.05, 3.63) is 41.6 Å². The van der Waals surface area contributed by atoms with E-state index in [0.717, 1.165) is 5.56 Å². The Bertz CT molecular complexity index is 910. The van der Waals surface area contributed by atoms with Crippen LogP contribution in [0.15, 0.2) is 41.1 Å². The maximum absolute atomic E-state index is 11.5. The number of methoxy groups -OCH3 is 1. The smallest absolute Gasteiger partial charge is 0.328 e. The Morgan fingerprint density at radius 1 is 1.28 bits per heavy atom. The third-order valence-corrected chi connectivity index (χ3v) is 3.69. The lowest BCUT2D eigenvalue weighted by atomic mass is 10.0. The highest BCUT2D eigenvalue weighted by Crippen LogP contribution is 2.34. The molecule has 0 radical (unpaired) electrons. The fraction of sp³-hybridized carbons (Fsp3) is 0.176. The summed E-state index contributed by atoms with van der Waals surface area (Å²) in [5.74, 6) is 0.774. The third-order valence-electron chi connectivity index (χ3n) is 3.46. The van der Waals surface area contributed by atoms with Gasteiger partial charge >= 0.3 is 6.01 Å². The van der Waals surface area contributed by atoms with Crippen molar-refractivity contribution < 1.29 is 14.1 Å². The third kappa shape index (κ3) is 3.77. The lowest BCUT2D eigenvalue weighted by molar-refractivity contribution is -0.116. The van der Waals surface area contributed by atoms with Gasteiger partial charge in [-0.25, -0.2) is 0 Å². The number of hydrogen-bond acceptors (Lipinski definition) is 6. The summed E-state index contributed by atoms with van der Waals surface area (Å²) in [5.41, 5.74) is 2.05. The molecule has 0 spiro atoms. The van der Waals surface area contributed by atoms with Crippen LogP contribution in [0.2, 0.25) is 5.02 Å². The Morgan fingerprint density at radius 2 is 2.12 bits per heavy atom. The highest BCUT2D eigenvalue weighted by Gasteiger charge is 2.16. The van der Waals surface area contributed by atoms with E-state index in [4.69, 9.17) is 20.9 Å². The van der Waals surface area contributed by atoms with Gasteiger partial charge in [-0.3, -0.25) is 15.1 Å². The zero-order valence-electron chi connectivity index (χ0n) is 13.6. The fourth-order valence-electron chi connectivity index (χ4n) is 2.20. The largest absolute Gasteiger partial charge is 0.497 e. The minimum absolute atomic E-state index is 0.0441. The number of halogens is 1. The minimum atomic E-state index is -0.207. The highest BCUT2D eigenvalue weighted by molar-refractivity contribution is 6.30. The molecule has 1 N–H and O–H groups in total. The quantitative estimate of drug-likeness (QED) is 0.745. The summed E-state index contributed by atoms with van der Waals surface area (Å²) in [7, 11) is 1.58. The van der Waals surface area contributed by atoms with Gasteiger partial charge in [-0.15, -0.1) is 0 Å². The molecule has 7 nitrogen and oxygen atoms in total. The van der Waals surface area contributed by atoms with Gasteiger partial charge < -0.3 is 9.26 Å². The zero-order valence-corrected chi connectivity index (χ0v) is 14.4. The van der Waals surface area contributed by atoms with Crippen molar-refractivity contribution in [1.29, 1.82) is 0 Å². The molecule has 3 rings (SSSR count). The predicted octanol–water partition coefficient (Wildman–Crippen LogP) is 3.81. The molecule has 0 bridgehead atoms. The molecule has 0 saturated carbocycles.